The zero-order valence-corrected chi connectivity index (χ0v) is 11.8. The molecule has 1 aliphatic heterocycles. The molecule has 1 saturated carbocycles. The topological polar surface area (TPSA) is 61.8 Å². The normalized spacial score (nSPS) is 28.5. The van der Waals surface area contributed by atoms with E-state index in [4.69, 9.17) is 4.74 Å². The SMILES string of the molecule is CNC1COCC1C(=O)N(CCO)C1CCCCC1. The van der Waals surface area contributed by atoms with Crippen molar-refractivity contribution in [3.8, 4) is 0 Å². The molecule has 1 saturated heterocycles. The van der Waals surface area contributed by atoms with Crippen LogP contribution in [0.2, 0.25) is 0 Å². The maximum atomic E-state index is 12.7. The molecule has 2 fully saturated rings. The summed E-state index contributed by atoms with van der Waals surface area (Å²) in [6, 6.07) is 0.420. The monoisotopic (exact) mass is 270 g/mol. The van der Waals surface area contributed by atoms with Crippen molar-refractivity contribution in [1.29, 1.82) is 0 Å². The standard InChI is InChI=1S/C14H26N2O3/c1-15-13-10-19-9-12(13)14(18)16(7-8-17)11-5-3-2-4-6-11/h11-13,15,17H,2-10H2,1H3. The second kappa shape index (κ2) is 7.22. The third-order valence-corrected chi connectivity index (χ3v) is 4.41. The smallest absolute Gasteiger partial charge is 0.230 e. The van der Waals surface area contributed by atoms with Crippen LogP contribution in [0, 0.1) is 5.92 Å². The van der Waals surface area contributed by atoms with Crippen LogP contribution in [-0.2, 0) is 9.53 Å². The van der Waals surface area contributed by atoms with Gasteiger partial charge in [0.15, 0.2) is 0 Å². The highest BCUT2D eigenvalue weighted by atomic mass is 16.5. The Morgan fingerprint density at radius 1 is 1.32 bits per heavy atom. The molecule has 1 aliphatic carbocycles. The lowest BCUT2D eigenvalue weighted by Gasteiger charge is -2.36. The second-order valence-electron chi connectivity index (χ2n) is 5.59. The summed E-state index contributed by atoms with van der Waals surface area (Å²) in [5.41, 5.74) is 0. The summed E-state index contributed by atoms with van der Waals surface area (Å²) in [7, 11) is 1.87. The minimum absolute atomic E-state index is 0.0417. The van der Waals surface area contributed by atoms with Crippen molar-refractivity contribution in [3.05, 3.63) is 0 Å². The first kappa shape index (κ1) is 14.8. The van der Waals surface area contributed by atoms with Crippen LogP contribution >= 0.6 is 0 Å². The maximum Gasteiger partial charge on any atom is 0.230 e. The Bertz CT molecular complexity index is 292. The molecule has 2 unspecified atom stereocenters. The summed E-state index contributed by atoms with van der Waals surface area (Å²) in [6.07, 6.45) is 5.80. The van der Waals surface area contributed by atoms with E-state index in [-0.39, 0.29) is 24.5 Å². The second-order valence-corrected chi connectivity index (χ2v) is 5.59. The van der Waals surface area contributed by atoms with Crippen molar-refractivity contribution in [1.82, 2.24) is 10.2 Å². The summed E-state index contributed by atoms with van der Waals surface area (Å²) < 4.78 is 5.42. The highest BCUT2D eigenvalue weighted by molar-refractivity contribution is 5.80. The van der Waals surface area contributed by atoms with E-state index in [0.29, 0.717) is 25.8 Å². The number of ether oxygens (including phenoxy) is 1. The lowest BCUT2D eigenvalue weighted by atomic mass is 9.92. The van der Waals surface area contributed by atoms with E-state index in [9.17, 15) is 9.90 Å². The van der Waals surface area contributed by atoms with Gasteiger partial charge in [-0.3, -0.25) is 4.79 Å². The van der Waals surface area contributed by atoms with E-state index in [1.807, 2.05) is 11.9 Å². The van der Waals surface area contributed by atoms with Gasteiger partial charge in [0.25, 0.3) is 0 Å². The first-order valence-corrected chi connectivity index (χ1v) is 7.44. The van der Waals surface area contributed by atoms with Gasteiger partial charge in [-0.15, -0.1) is 0 Å². The molecule has 0 spiro atoms. The first-order chi connectivity index (χ1) is 9.27. The number of aliphatic hydroxyl groups is 1. The highest BCUT2D eigenvalue weighted by Gasteiger charge is 2.37. The van der Waals surface area contributed by atoms with E-state index in [0.717, 1.165) is 12.8 Å². The molecule has 1 amide bonds. The third-order valence-electron chi connectivity index (χ3n) is 4.41. The van der Waals surface area contributed by atoms with Gasteiger partial charge >= 0.3 is 0 Å². The van der Waals surface area contributed by atoms with Gasteiger partial charge in [0.2, 0.25) is 5.91 Å². The summed E-state index contributed by atoms with van der Waals surface area (Å²) in [6.45, 7) is 1.60. The molecule has 0 aromatic carbocycles. The van der Waals surface area contributed by atoms with Gasteiger partial charge in [-0.25, -0.2) is 0 Å². The Morgan fingerprint density at radius 2 is 2.05 bits per heavy atom. The van der Waals surface area contributed by atoms with Crippen molar-refractivity contribution in [2.24, 2.45) is 5.92 Å². The molecule has 2 aliphatic rings. The summed E-state index contributed by atoms with van der Waals surface area (Å²) in [5, 5.41) is 12.4. The van der Waals surface area contributed by atoms with Crippen molar-refractivity contribution >= 4 is 5.91 Å². The fourth-order valence-corrected chi connectivity index (χ4v) is 3.27. The minimum atomic E-state index is -0.0986. The molecule has 19 heavy (non-hydrogen) atoms. The Balaban J connectivity index is 2.02. The molecule has 0 bridgehead atoms. The average molecular weight is 270 g/mol. The van der Waals surface area contributed by atoms with E-state index >= 15 is 0 Å². The largest absolute Gasteiger partial charge is 0.395 e. The molecule has 1 heterocycles. The van der Waals surface area contributed by atoms with Crippen LogP contribution in [0.15, 0.2) is 0 Å². The number of hydrogen-bond acceptors (Lipinski definition) is 4. The van der Waals surface area contributed by atoms with Crippen LogP contribution in [0.4, 0.5) is 0 Å². The minimum Gasteiger partial charge on any atom is -0.395 e. The number of carbonyl (C=O) groups excluding carboxylic acids is 1. The van der Waals surface area contributed by atoms with E-state index in [1.54, 1.807) is 0 Å². The molecule has 2 rings (SSSR count). The predicted octanol–water partition coefficient (Wildman–Crippen LogP) is 0.374. The number of hydrogen-bond donors (Lipinski definition) is 2. The third kappa shape index (κ3) is 3.46. The molecule has 2 atom stereocenters. The number of aliphatic hydroxyl groups excluding tert-OH is 1. The van der Waals surface area contributed by atoms with E-state index in [2.05, 4.69) is 5.32 Å². The molecule has 5 heteroatoms. The van der Waals surface area contributed by atoms with Crippen molar-refractivity contribution in [2.75, 3.05) is 33.4 Å². The quantitative estimate of drug-likeness (QED) is 0.758. The van der Waals surface area contributed by atoms with Gasteiger partial charge in [-0.1, -0.05) is 19.3 Å². The Labute approximate surface area is 115 Å². The predicted molar refractivity (Wildman–Crippen MR) is 72.8 cm³/mol. The fourth-order valence-electron chi connectivity index (χ4n) is 3.27. The summed E-state index contributed by atoms with van der Waals surface area (Å²) in [5.74, 6) is 0.0521. The summed E-state index contributed by atoms with van der Waals surface area (Å²) in [4.78, 5) is 14.6. The van der Waals surface area contributed by atoms with Crippen LogP contribution in [0.5, 0.6) is 0 Å². The number of nitrogens with zero attached hydrogens (tertiary/aromatic N) is 1. The average Bonchev–Trinajstić information content (AvgIpc) is 2.93. The number of likely N-dealkylation sites (N-methyl/N-ethyl adjacent to an activating group) is 1. The molecule has 5 nitrogen and oxygen atoms in total. The first-order valence-electron chi connectivity index (χ1n) is 7.44. The van der Waals surface area contributed by atoms with Crippen LogP contribution in [0.1, 0.15) is 32.1 Å². The number of carbonyl (C=O) groups is 1. The van der Waals surface area contributed by atoms with E-state index < -0.39 is 0 Å². The number of nitrogens with one attached hydrogen (secondary N) is 1. The zero-order chi connectivity index (χ0) is 13.7. The Morgan fingerprint density at radius 3 is 2.68 bits per heavy atom. The highest BCUT2D eigenvalue weighted by Crippen LogP contribution is 2.25. The molecule has 0 aromatic rings. The summed E-state index contributed by atoms with van der Waals surface area (Å²) >= 11 is 0. The lowest BCUT2D eigenvalue weighted by Crippen LogP contribution is -2.50. The van der Waals surface area contributed by atoms with Crippen LogP contribution in [-0.4, -0.2) is 61.4 Å². The van der Waals surface area contributed by atoms with Gasteiger partial charge in [0.1, 0.15) is 0 Å². The van der Waals surface area contributed by atoms with Crippen LogP contribution in [0.3, 0.4) is 0 Å². The van der Waals surface area contributed by atoms with Gasteiger partial charge in [-0.05, 0) is 19.9 Å². The molecule has 0 aromatic heterocycles. The Kier molecular flexibility index (Phi) is 5.60. The molecule has 110 valence electrons. The zero-order valence-electron chi connectivity index (χ0n) is 11.8. The van der Waals surface area contributed by atoms with Gasteiger partial charge in [0, 0.05) is 18.6 Å². The number of amides is 1. The van der Waals surface area contributed by atoms with Gasteiger partial charge < -0.3 is 20.1 Å². The van der Waals surface area contributed by atoms with Gasteiger partial charge in [-0.2, -0.15) is 0 Å². The number of rotatable bonds is 5. The van der Waals surface area contributed by atoms with Gasteiger partial charge in [0.05, 0.1) is 25.7 Å². The lowest BCUT2D eigenvalue weighted by molar-refractivity contribution is -0.139. The molecular formula is C14H26N2O3. The Hall–Kier alpha value is -0.650. The van der Waals surface area contributed by atoms with Crippen LogP contribution < -0.4 is 5.32 Å². The molecule has 2 N–H and O–H groups in total. The van der Waals surface area contributed by atoms with Crippen molar-refractivity contribution < 1.29 is 14.6 Å². The van der Waals surface area contributed by atoms with E-state index in [1.165, 1.54) is 19.3 Å². The van der Waals surface area contributed by atoms with Crippen molar-refractivity contribution in [3.63, 3.8) is 0 Å². The fraction of sp³-hybridized carbons (Fsp3) is 0.929. The maximum absolute atomic E-state index is 12.7. The molecule has 0 radical (unpaired) electrons. The van der Waals surface area contributed by atoms with Crippen LogP contribution in [0.25, 0.3) is 0 Å². The van der Waals surface area contributed by atoms with Crippen molar-refractivity contribution in [2.45, 2.75) is 44.2 Å². The molecular weight excluding hydrogens is 244 g/mol.